The number of aliphatic imine (C=N–C) groups is 1. The Hall–Kier alpha value is -4.32. The molecule has 2 aliphatic rings. The molecule has 11 nitrogen and oxygen atoms in total. The van der Waals surface area contributed by atoms with Crippen LogP contribution in [0.3, 0.4) is 0 Å². The third kappa shape index (κ3) is 6.59. The van der Waals surface area contributed by atoms with E-state index in [4.69, 9.17) is 0 Å². The van der Waals surface area contributed by atoms with Gasteiger partial charge in [0.2, 0.25) is 15.9 Å². The first-order valence-corrected chi connectivity index (χ1v) is 15.5. The fraction of sp³-hybridized carbons (Fsp3) is 0.367. The second-order valence-electron chi connectivity index (χ2n) is 11.0. The molecule has 3 unspecified atom stereocenters. The summed E-state index contributed by atoms with van der Waals surface area (Å²) in [5, 5.41) is 12.6. The highest BCUT2D eigenvalue weighted by atomic mass is 32.2. The van der Waals surface area contributed by atoms with Gasteiger partial charge in [-0.05, 0) is 48.6 Å². The van der Waals surface area contributed by atoms with Gasteiger partial charge in [0.25, 0.3) is 11.8 Å². The number of hydrogen-bond acceptors (Lipinski definition) is 7. The van der Waals surface area contributed by atoms with Gasteiger partial charge < -0.3 is 10.4 Å². The Morgan fingerprint density at radius 3 is 2.33 bits per heavy atom. The van der Waals surface area contributed by atoms with E-state index in [-0.39, 0.29) is 48.0 Å². The van der Waals surface area contributed by atoms with Crippen molar-refractivity contribution in [2.24, 2.45) is 16.8 Å². The van der Waals surface area contributed by atoms with Gasteiger partial charge in [-0.2, -0.15) is 0 Å². The van der Waals surface area contributed by atoms with Crippen LogP contribution in [0.25, 0.3) is 0 Å². The molecule has 0 bridgehead atoms. The highest BCUT2D eigenvalue weighted by Gasteiger charge is 2.54. The van der Waals surface area contributed by atoms with Crippen LogP contribution in [0.5, 0.6) is 0 Å². The molecule has 222 valence electrons. The summed E-state index contributed by atoms with van der Waals surface area (Å²) in [6, 6.07) is 12.2. The van der Waals surface area contributed by atoms with Crippen LogP contribution >= 0.6 is 0 Å². The Balaban J connectivity index is 1.76. The van der Waals surface area contributed by atoms with E-state index in [1.807, 2.05) is 44.2 Å². The number of carboxylic acids is 1. The number of nitrogens with one attached hydrogen (secondary N) is 2. The topological polar surface area (TPSA) is 162 Å². The molecule has 0 radical (unpaired) electrons. The summed E-state index contributed by atoms with van der Waals surface area (Å²) < 4.78 is 25.8. The van der Waals surface area contributed by atoms with Crippen LogP contribution in [0.1, 0.15) is 59.4 Å². The summed E-state index contributed by atoms with van der Waals surface area (Å²) in [5.74, 6) is -3.68. The minimum absolute atomic E-state index is 0.0190. The zero-order chi connectivity index (χ0) is 30.7. The number of imide groups is 1. The summed E-state index contributed by atoms with van der Waals surface area (Å²) in [7, 11) is -3.65. The van der Waals surface area contributed by atoms with Crippen molar-refractivity contribution in [3.63, 3.8) is 0 Å². The molecule has 2 heterocycles. The van der Waals surface area contributed by atoms with Crippen molar-refractivity contribution in [3.8, 4) is 0 Å². The molecule has 2 aliphatic heterocycles. The van der Waals surface area contributed by atoms with Gasteiger partial charge in [0.15, 0.2) is 0 Å². The Bertz CT molecular complexity index is 1540. The van der Waals surface area contributed by atoms with Crippen molar-refractivity contribution in [1.29, 1.82) is 0 Å². The van der Waals surface area contributed by atoms with E-state index in [1.165, 1.54) is 24.4 Å². The van der Waals surface area contributed by atoms with Crippen molar-refractivity contribution in [2.45, 2.75) is 51.2 Å². The molecular weight excluding hydrogens is 560 g/mol. The van der Waals surface area contributed by atoms with Crippen molar-refractivity contribution in [2.75, 3.05) is 11.0 Å². The van der Waals surface area contributed by atoms with Crippen LogP contribution in [-0.4, -0.2) is 66.2 Å². The molecule has 2 aromatic carbocycles. The lowest BCUT2D eigenvalue weighted by atomic mass is 9.72. The summed E-state index contributed by atoms with van der Waals surface area (Å²) in [6.07, 6.45) is 5.58. The van der Waals surface area contributed by atoms with E-state index in [9.17, 15) is 32.7 Å². The summed E-state index contributed by atoms with van der Waals surface area (Å²) >= 11 is 0. The van der Waals surface area contributed by atoms with E-state index in [0.717, 1.165) is 16.7 Å². The average molecular weight is 595 g/mol. The van der Waals surface area contributed by atoms with Crippen LogP contribution in [0.2, 0.25) is 0 Å². The number of benzene rings is 2. The number of aliphatic carboxylic acids is 1. The van der Waals surface area contributed by atoms with Crippen molar-refractivity contribution in [3.05, 3.63) is 77.4 Å². The first kappa shape index (κ1) is 30.6. The SMILES string of the molecule is CC(C)CC(C(=O)NCc1ccccc1)C1(C(CCC(=O)O)N2C(=O)c3ccc(NS(C)(=O)=O)cc3C2=O)C=CC=N1. The molecule has 0 saturated carbocycles. The maximum atomic E-state index is 13.9. The number of rotatable bonds is 13. The highest BCUT2D eigenvalue weighted by molar-refractivity contribution is 7.92. The molecule has 0 aliphatic carbocycles. The van der Waals surface area contributed by atoms with E-state index in [0.29, 0.717) is 6.42 Å². The molecule has 3 atom stereocenters. The number of amides is 3. The van der Waals surface area contributed by atoms with Crippen molar-refractivity contribution >= 4 is 45.6 Å². The Morgan fingerprint density at radius 1 is 1.05 bits per heavy atom. The van der Waals surface area contributed by atoms with E-state index in [1.54, 1.807) is 12.2 Å². The van der Waals surface area contributed by atoms with Gasteiger partial charge in [-0.25, -0.2) is 8.42 Å². The van der Waals surface area contributed by atoms with Crippen LogP contribution in [0.15, 0.2) is 65.7 Å². The van der Waals surface area contributed by atoms with Gasteiger partial charge in [0.05, 0.1) is 29.3 Å². The number of carbonyl (C=O) groups is 4. The lowest BCUT2D eigenvalue weighted by molar-refractivity contribution is -0.137. The number of carboxylic acid groups (broad SMARTS) is 1. The number of anilines is 1. The standard InChI is InChI=1S/C30H34N4O7S/c1-19(2)16-24(27(37)31-18-20-8-5-4-6-9-20)30(14-7-15-32-30)25(12-13-26(35)36)34-28(38)22-11-10-21(33-42(3,40)41)17-23(22)29(34)39/h4-11,14-15,17,19,24-25,33H,12-13,16,18H2,1-3H3,(H,31,37)(H,35,36). The molecule has 4 rings (SSSR count). The molecule has 2 aromatic rings. The normalized spacial score (nSPS) is 19.2. The molecular formula is C30H34N4O7S. The van der Waals surface area contributed by atoms with Gasteiger partial charge >= 0.3 is 5.97 Å². The smallest absolute Gasteiger partial charge is 0.303 e. The van der Waals surface area contributed by atoms with Crippen molar-refractivity contribution in [1.82, 2.24) is 10.2 Å². The van der Waals surface area contributed by atoms with Crippen LogP contribution in [-0.2, 0) is 26.2 Å². The van der Waals surface area contributed by atoms with Gasteiger partial charge in [-0.3, -0.25) is 33.8 Å². The van der Waals surface area contributed by atoms with E-state index in [2.05, 4.69) is 15.0 Å². The predicted molar refractivity (Wildman–Crippen MR) is 158 cm³/mol. The second-order valence-corrected chi connectivity index (χ2v) is 12.7. The van der Waals surface area contributed by atoms with Gasteiger partial charge in [0, 0.05) is 24.9 Å². The lowest BCUT2D eigenvalue weighted by Crippen LogP contribution is -2.59. The fourth-order valence-corrected chi connectivity index (χ4v) is 6.14. The van der Waals surface area contributed by atoms with Gasteiger partial charge in [0.1, 0.15) is 5.54 Å². The number of sulfonamides is 1. The summed E-state index contributed by atoms with van der Waals surface area (Å²) in [6.45, 7) is 4.14. The molecule has 0 aromatic heterocycles. The number of fused-ring (bicyclic) bond motifs is 1. The third-order valence-electron chi connectivity index (χ3n) is 7.34. The molecule has 0 spiro atoms. The van der Waals surface area contributed by atoms with Crippen LogP contribution in [0.4, 0.5) is 5.69 Å². The molecule has 42 heavy (non-hydrogen) atoms. The molecule has 3 amide bonds. The lowest BCUT2D eigenvalue weighted by Gasteiger charge is -2.43. The Kier molecular flexibility index (Phi) is 8.95. The summed E-state index contributed by atoms with van der Waals surface area (Å²) in [4.78, 5) is 58.9. The summed E-state index contributed by atoms with van der Waals surface area (Å²) in [5.41, 5.74) is -0.414. The number of nitrogens with zero attached hydrogens (tertiary/aromatic N) is 2. The quantitative estimate of drug-likeness (QED) is 0.300. The maximum Gasteiger partial charge on any atom is 0.303 e. The molecule has 0 fully saturated rings. The third-order valence-corrected chi connectivity index (χ3v) is 7.94. The Morgan fingerprint density at radius 2 is 1.74 bits per heavy atom. The zero-order valence-electron chi connectivity index (χ0n) is 23.6. The first-order valence-electron chi connectivity index (χ1n) is 13.6. The predicted octanol–water partition coefficient (Wildman–Crippen LogP) is 3.25. The van der Waals surface area contributed by atoms with Gasteiger partial charge in [-0.1, -0.05) is 50.3 Å². The monoisotopic (exact) mass is 594 g/mol. The van der Waals surface area contributed by atoms with E-state index < -0.39 is 45.3 Å². The average Bonchev–Trinajstić information content (AvgIpc) is 3.50. The minimum atomic E-state index is -3.65. The highest BCUT2D eigenvalue weighted by Crippen LogP contribution is 2.42. The van der Waals surface area contributed by atoms with Crippen molar-refractivity contribution < 1.29 is 32.7 Å². The van der Waals surface area contributed by atoms with Crippen LogP contribution < -0.4 is 10.0 Å². The molecule has 0 saturated heterocycles. The number of carbonyl (C=O) groups excluding carboxylic acids is 3. The maximum absolute atomic E-state index is 13.9. The Labute approximate surface area is 244 Å². The fourth-order valence-electron chi connectivity index (χ4n) is 5.58. The van der Waals surface area contributed by atoms with E-state index >= 15 is 0 Å². The number of hydrogen-bond donors (Lipinski definition) is 3. The van der Waals surface area contributed by atoms with Gasteiger partial charge in [-0.15, -0.1) is 0 Å². The number of allylic oxidation sites excluding steroid dienone is 1. The minimum Gasteiger partial charge on any atom is -0.481 e. The molecule has 3 N–H and O–H groups in total. The zero-order valence-corrected chi connectivity index (χ0v) is 24.4. The second kappa shape index (κ2) is 12.3. The largest absolute Gasteiger partial charge is 0.481 e. The first-order chi connectivity index (χ1) is 19.8. The molecule has 12 heteroatoms. The van der Waals surface area contributed by atoms with Crippen LogP contribution in [0, 0.1) is 11.8 Å².